The Balaban J connectivity index is 1.36. The minimum absolute atomic E-state index is 0.0709. The van der Waals surface area contributed by atoms with Gasteiger partial charge < -0.3 is 10.6 Å². The van der Waals surface area contributed by atoms with Gasteiger partial charge in [0.2, 0.25) is 0 Å². The van der Waals surface area contributed by atoms with Crippen LogP contribution >= 0.6 is 0 Å². The highest BCUT2D eigenvalue weighted by Crippen LogP contribution is 2.47. The standard InChI is InChI=1S/C19H24N4O/c1-23-15(9-11-21-23)8-10-20-19(24)22-17-12-14-6-2-4-13-5-3-7-16(17)18(13)14/h3,5,7,9,11,14,17H,2,4,6,8,10,12H2,1H3,(H2,20,22,24)/t14-,17-/m1/s1. The molecular weight excluding hydrogens is 300 g/mol. The number of nitrogens with zero attached hydrogens (tertiary/aromatic N) is 2. The molecule has 0 bridgehead atoms. The van der Waals surface area contributed by atoms with Crippen molar-refractivity contribution in [2.75, 3.05) is 6.54 Å². The minimum atomic E-state index is -0.0709. The molecule has 2 aliphatic carbocycles. The molecule has 5 heteroatoms. The van der Waals surface area contributed by atoms with E-state index in [-0.39, 0.29) is 12.1 Å². The third kappa shape index (κ3) is 2.79. The fraction of sp³-hybridized carbons (Fsp3) is 0.474. The van der Waals surface area contributed by atoms with E-state index in [9.17, 15) is 4.79 Å². The van der Waals surface area contributed by atoms with E-state index in [4.69, 9.17) is 0 Å². The fourth-order valence-electron chi connectivity index (χ4n) is 4.28. The summed E-state index contributed by atoms with van der Waals surface area (Å²) in [6.07, 6.45) is 7.32. The second-order valence-electron chi connectivity index (χ2n) is 6.89. The lowest BCUT2D eigenvalue weighted by Crippen LogP contribution is -2.38. The van der Waals surface area contributed by atoms with Gasteiger partial charge in [-0.3, -0.25) is 4.68 Å². The molecule has 2 atom stereocenters. The molecule has 0 radical (unpaired) electrons. The molecule has 2 N–H and O–H groups in total. The summed E-state index contributed by atoms with van der Waals surface area (Å²) in [6.45, 7) is 0.619. The van der Waals surface area contributed by atoms with Gasteiger partial charge in [0.15, 0.2) is 0 Å². The van der Waals surface area contributed by atoms with Crippen molar-refractivity contribution >= 4 is 6.03 Å². The van der Waals surface area contributed by atoms with E-state index in [1.165, 1.54) is 36.0 Å². The zero-order chi connectivity index (χ0) is 16.5. The highest BCUT2D eigenvalue weighted by molar-refractivity contribution is 5.74. The predicted octanol–water partition coefficient (Wildman–Crippen LogP) is 2.83. The van der Waals surface area contributed by atoms with Crippen molar-refractivity contribution in [3.8, 4) is 0 Å². The van der Waals surface area contributed by atoms with Gasteiger partial charge in [0, 0.05) is 31.9 Å². The number of hydrogen-bond donors (Lipinski definition) is 2. The maximum Gasteiger partial charge on any atom is 0.315 e. The van der Waals surface area contributed by atoms with Gasteiger partial charge in [-0.15, -0.1) is 0 Å². The first-order chi connectivity index (χ1) is 11.7. The van der Waals surface area contributed by atoms with Gasteiger partial charge in [0.25, 0.3) is 0 Å². The maximum absolute atomic E-state index is 12.3. The van der Waals surface area contributed by atoms with E-state index in [0.717, 1.165) is 18.5 Å². The van der Waals surface area contributed by atoms with E-state index in [1.54, 1.807) is 6.20 Å². The second-order valence-corrected chi connectivity index (χ2v) is 6.89. The van der Waals surface area contributed by atoms with Crippen LogP contribution in [0.2, 0.25) is 0 Å². The molecule has 0 saturated carbocycles. The molecule has 0 unspecified atom stereocenters. The maximum atomic E-state index is 12.3. The summed E-state index contributed by atoms with van der Waals surface area (Å²) >= 11 is 0. The minimum Gasteiger partial charge on any atom is -0.338 e. The van der Waals surface area contributed by atoms with Crippen LogP contribution in [0.25, 0.3) is 0 Å². The van der Waals surface area contributed by atoms with Crippen molar-refractivity contribution < 1.29 is 4.79 Å². The lowest BCUT2D eigenvalue weighted by atomic mass is 9.84. The molecule has 2 aliphatic rings. The van der Waals surface area contributed by atoms with Gasteiger partial charge in [0.1, 0.15) is 0 Å². The Morgan fingerprint density at radius 1 is 1.38 bits per heavy atom. The van der Waals surface area contributed by atoms with Crippen molar-refractivity contribution in [1.29, 1.82) is 0 Å². The lowest BCUT2D eigenvalue weighted by molar-refractivity contribution is 0.236. The SMILES string of the molecule is Cn1nccc1CCNC(=O)N[C@@H]1C[C@H]2CCCc3cccc1c32. The number of carbonyl (C=O) groups is 1. The number of rotatable bonds is 4. The Morgan fingerprint density at radius 2 is 2.29 bits per heavy atom. The summed E-state index contributed by atoms with van der Waals surface area (Å²) in [4.78, 5) is 12.3. The van der Waals surface area contributed by atoms with Crippen LogP contribution in [-0.2, 0) is 19.9 Å². The van der Waals surface area contributed by atoms with Crippen molar-refractivity contribution in [1.82, 2.24) is 20.4 Å². The number of carbonyl (C=O) groups excluding carboxylic acids is 1. The van der Waals surface area contributed by atoms with Crippen molar-refractivity contribution in [3.05, 3.63) is 52.8 Å². The molecule has 1 aromatic carbocycles. The Bertz CT molecular complexity index is 752. The molecule has 0 aliphatic heterocycles. The Morgan fingerprint density at radius 3 is 3.12 bits per heavy atom. The van der Waals surface area contributed by atoms with E-state index in [0.29, 0.717) is 12.5 Å². The third-order valence-corrected chi connectivity index (χ3v) is 5.43. The summed E-state index contributed by atoms with van der Waals surface area (Å²) in [6, 6.07) is 8.63. The molecular formula is C19H24N4O. The zero-order valence-corrected chi connectivity index (χ0v) is 14.1. The molecule has 2 amide bonds. The number of urea groups is 1. The molecule has 5 nitrogen and oxygen atoms in total. The monoisotopic (exact) mass is 324 g/mol. The molecule has 2 aromatic rings. The topological polar surface area (TPSA) is 59.0 Å². The summed E-state index contributed by atoms with van der Waals surface area (Å²) < 4.78 is 1.84. The predicted molar refractivity (Wildman–Crippen MR) is 92.9 cm³/mol. The Labute approximate surface area is 142 Å². The number of benzene rings is 1. The smallest absolute Gasteiger partial charge is 0.315 e. The van der Waals surface area contributed by atoms with Crippen molar-refractivity contribution in [2.24, 2.45) is 7.05 Å². The van der Waals surface area contributed by atoms with Crippen LogP contribution in [-0.4, -0.2) is 22.4 Å². The largest absolute Gasteiger partial charge is 0.338 e. The summed E-state index contributed by atoms with van der Waals surface area (Å²) in [5, 5.41) is 10.3. The van der Waals surface area contributed by atoms with Gasteiger partial charge in [-0.25, -0.2) is 4.79 Å². The average molecular weight is 324 g/mol. The van der Waals surface area contributed by atoms with E-state index in [2.05, 4.69) is 33.9 Å². The molecule has 126 valence electrons. The summed E-state index contributed by atoms with van der Waals surface area (Å²) in [7, 11) is 1.92. The molecule has 0 fully saturated rings. The Kier molecular flexibility index (Phi) is 4.00. The molecule has 0 spiro atoms. The van der Waals surface area contributed by atoms with Gasteiger partial charge in [-0.2, -0.15) is 5.10 Å². The number of amides is 2. The first-order valence-corrected chi connectivity index (χ1v) is 8.85. The van der Waals surface area contributed by atoms with Crippen molar-refractivity contribution in [3.63, 3.8) is 0 Å². The van der Waals surface area contributed by atoms with Gasteiger partial charge in [-0.05, 0) is 54.4 Å². The molecule has 0 saturated heterocycles. The molecule has 24 heavy (non-hydrogen) atoms. The second kappa shape index (κ2) is 6.30. The normalized spacial score (nSPS) is 21.4. The average Bonchev–Trinajstić information content (AvgIpc) is 3.14. The number of hydrogen-bond acceptors (Lipinski definition) is 2. The van der Waals surface area contributed by atoms with E-state index >= 15 is 0 Å². The number of aryl methyl sites for hydroxylation is 2. The summed E-state index contributed by atoms with van der Waals surface area (Å²) in [5.74, 6) is 0.629. The van der Waals surface area contributed by atoms with E-state index in [1.807, 2.05) is 17.8 Å². The number of nitrogens with one attached hydrogen (secondary N) is 2. The van der Waals surface area contributed by atoms with Crippen LogP contribution in [0.5, 0.6) is 0 Å². The van der Waals surface area contributed by atoms with Crippen LogP contribution in [0.3, 0.4) is 0 Å². The molecule has 4 rings (SSSR count). The van der Waals surface area contributed by atoms with Crippen LogP contribution in [0, 0.1) is 0 Å². The Hall–Kier alpha value is -2.30. The van der Waals surface area contributed by atoms with Crippen LogP contribution in [0.15, 0.2) is 30.5 Å². The van der Waals surface area contributed by atoms with Gasteiger partial charge in [0.05, 0.1) is 6.04 Å². The van der Waals surface area contributed by atoms with Crippen LogP contribution in [0.4, 0.5) is 4.79 Å². The molecule has 1 aromatic heterocycles. The quantitative estimate of drug-likeness (QED) is 0.908. The summed E-state index contributed by atoms with van der Waals surface area (Å²) in [5.41, 5.74) is 5.46. The number of aromatic nitrogens is 2. The van der Waals surface area contributed by atoms with Gasteiger partial charge in [-0.1, -0.05) is 18.2 Å². The van der Waals surface area contributed by atoms with Crippen molar-refractivity contribution in [2.45, 2.75) is 44.1 Å². The van der Waals surface area contributed by atoms with Crippen LogP contribution in [0.1, 0.15) is 53.6 Å². The highest BCUT2D eigenvalue weighted by atomic mass is 16.2. The first kappa shape index (κ1) is 15.2. The zero-order valence-electron chi connectivity index (χ0n) is 14.1. The van der Waals surface area contributed by atoms with E-state index < -0.39 is 0 Å². The highest BCUT2D eigenvalue weighted by Gasteiger charge is 2.35. The lowest BCUT2D eigenvalue weighted by Gasteiger charge is -2.20. The van der Waals surface area contributed by atoms with Gasteiger partial charge >= 0.3 is 6.03 Å². The first-order valence-electron chi connectivity index (χ1n) is 8.85. The third-order valence-electron chi connectivity index (χ3n) is 5.43. The molecule has 1 heterocycles. The van der Waals surface area contributed by atoms with Crippen LogP contribution < -0.4 is 10.6 Å². The fourth-order valence-corrected chi connectivity index (χ4v) is 4.28.